The van der Waals surface area contributed by atoms with Crippen molar-refractivity contribution < 1.29 is 14.1 Å². The lowest BCUT2D eigenvalue weighted by Crippen LogP contribution is -2.61. The number of hydrogen-bond acceptors (Lipinski definition) is 4. The molecule has 3 aliphatic carbocycles. The Morgan fingerprint density at radius 1 is 1.21 bits per heavy atom. The van der Waals surface area contributed by atoms with Gasteiger partial charge in [0.15, 0.2) is 5.69 Å². The summed E-state index contributed by atoms with van der Waals surface area (Å²) in [4.78, 5) is 23.8. The number of aromatic nitrogens is 1. The van der Waals surface area contributed by atoms with Crippen LogP contribution < -0.4 is 10.6 Å². The Morgan fingerprint density at radius 3 is 2.50 bits per heavy atom. The highest BCUT2D eigenvalue weighted by atomic mass is 16.5. The maximum atomic E-state index is 12.2. The van der Waals surface area contributed by atoms with Gasteiger partial charge >= 0.3 is 0 Å². The third kappa shape index (κ3) is 3.06. The second kappa shape index (κ2) is 5.90. The van der Waals surface area contributed by atoms with Crippen LogP contribution in [0, 0.1) is 5.41 Å². The fraction of sp³-hybridized carbons (Fsp3) is 0.722. The van der Waals surface area contributed by atoms with Crippen molar-refractivity contribution in [2.24, 2.45) is 5.41 Å². The Morgan fingerprint density at radius 2 is 1.88 bits per heavy atom. The minimum atomic E-state index is -0.127. The summed E-state index contributed by atoms with van der Waals surface area (Å²) in [6.07, 6.45) is 7.88. The van der Waals surface area contributed by atoms with E-state index in [9.17, 15) is 9.59 Å². The van der Waals surface area contributed by atoms with Gasteiger partial charge in [-0.25, -0.2) is 0 Å². The third-order valence-electron chi connectivity index (χ3n) is 5.64. The van der Waals surface area contributed by atoms with Crippen LogP contribution in [0.3, 0.4) is 0 Å². The lowest BCUT2D eigenvalue weighted by atomic mass is 9.52. The molecular weight excluding hydrogens is 306 g/mol. The van der Waals surface area contributed by atoms with E-state index in [-0.39, 0.29) is 17.9 Å². The van der Waals surface area contributed by atoms with Gasteiger partial charge in [-0.15, -0.1) is 0 Å². The van der Waals surface area contributed by atoms with Crippen molar-refractivity contribution in [3.05, 3.63) is 17.5 Å². The topological polar surface area (TPSA) is 84.2 Å². The summed E-state index contributed by atoms with van der Waals surface area (Å²) in [5.41, 5.74) is 0.738. The van der Waals surface area contributed by atoms with E-state index >= 15 is 0 Å². The first-order valence-electron chi connectivity index (χ1n) is 9.14. The van der Waals surface area contributed by atoms with E-state index in [0.717, 1.165) is 50.7 Å². The van der Waals surface area contributed by atoms with Gasteiger partial charge in [-0.1, -0.05) is 12.1 Å². The van der Waals surface area contributed by atoms with Gasteiger partial charge in [0, 0.05) is 30.5 Å². The third-order valence-corrected chi connectivity index (χ3v) is 5.64. The van der Waals surface area contributed by atoms with Crippen molar-refractivity contribution in [1.29, 1.82) is 0 Å². The molecule has 3 saturated carbocycles. The zero-order chi connectivity index (χ0) is 16.7. The molecule has 0 aliphatic heterocycles. The van der Waals surface area contributed by atoms with Gasteiger partial charge in [0.25, 0.3) is 5.91 Å². The number of rotatable bonds is 6. The van der Waals surface area contributed by atoms with Crippen LogP contribution in [0.15, 0.2) is 10.6 Å². The first-order chi connectivity index (χ1) is 11.6. The van der Waals surface area contributed by atoms with Crippen molar-refractivity contribution in [2.75, 3.05) is 0 Å². The molecule has 0 atom stereocenters. The predicted molar refractivity (Wildman–Crippen MR) is 87.5 cm³/mol. The minimum Gasteiger partial charge on any atom is -0.360 e. The molecule has 1 aromatic rings. The van der Waals surface area contributed by atoms with Gasteiger partial charge < -0.3 is 15.2 Å². The summed E-state index contributed by atoms with van der Waals surface area (Å²) in [6, 6.07) is 2.34. The number of amides is 2. The van der Waals surface area contributed by atoms with E-state index in [1.807, 2.05) is 6.92 Å². The Hall–Kier alpha value is -1.85. The molecule has 1 aromatic heterocycles. The van der Waals surface area contributed by atoms with Gasteiger partial charge in [-0.2, -0.15) is 0 Å². The number of nitrogens with one attached hydrogen (secondary N) is 2. The average Bonchev–Trinajstić information content (AvgIpc) is 3.20. The maximum absolute atomic E-state index is 12.2. The van der Waals surface area contributed by atoms with E-state index in [1.54, 1.807) is 6.07 Å². The minimum absolute atomic E-state index is 0.127. The van der Waals surface area contributed by atoms with E-state index < -0.39 is 0 Å². The van der Waals surface area contributed by atoms with Crippen LogP contribution in [0.4, 0.5) is 0 Å². The molecule has 3 aliphatic rings. The molecule has 2 amide bonds. The second-order valence-corrected chi connectivity index (χ2v) is 7.89. The normalized spacial score (nSPS) is 31.2. The van der Waals surface area contributed by atoms with Gasteiger partial charge in [0.1, 0.15) is 5.76 Å². The fourth-order valence-electron chi connectivity index (χ4n) is 4.25. The Kier molecular flexibility index (Phi) is 3.85. The summed E-state index contributed by atoms with van der Waals surface area (Å²) in [5.74, 6) is 1.35. The van der Waals surface area contributed by atoms with Gasteiger partial charge in [-0.3, -0.25) is 9.59 Å². The predicted octanol–water partition coefficient (Wildman–Crippen LogP) is 2.51. The molecule has 0 aromatic carbocycles. The lowest BCUT2D eigenvalue weighted by Gasteiger charge is -2.57. The van der Waals surface area contributed by atoms with E-state index in [4.69, 9.17) is 4.52 Å². The molecule has 6 nitrogen and oxygen atoms in total. The molecule has 0 unspecified atom stereocenters. The molecule has 1 spiro atoms. The number of carbonyl (C=O) groups is 2. The molecule has 0 radical (unpaired) electrons. The molecule has 4 rings (SSSR count). The first kappa shape index (κ1) is 15.7. The fourth-order valence-corrected chi connectivity index (χ4v) is 4.25. The van der Waals surface area contributed by atoms with Gasteiger partial charge in [0.2, 0.25) is 5.91 Å². The molecule has 130 valence electrons. The van der Waals surface area contributed by atoms with E-state index in [2.05, 4.69) is 15.8 Å². The highest BCUT2D eigenvalue weighted by molar-refractivity contribution is 5.92. The Bertz CT molecular complexity index is 636. The van der Waals surface area contributed by atoms with Crippen LogP contribution in [-0.2, 0) is 4.79 Å². The van der Waals surface area contributed by atoms with Crippen LogP contribution >= 0.6 is 0 Å². The number of hydrogen-bond donors (Lipinski definition) is 2. The number of nitrogens with zero attached hydrogens (tertiary/aromatic N) is 1. The summed E-state index contributed by atoms with van der Waals surface area (Å²) in [7, 11) is 0. The molecular formula is C18H25N3O3. The van der Waals surface area contributed by atoms with Crippen molar-refractivity contribution >= 4 is 11.8 Å². The van der Waals surface area contributed by atoms with Crippen molar-refractivity contribution in [3.8, 4) is 0 Å². The maximum Gasteiger partial charge on any atom is 0.273 e. The van der Waals surface area contributed by atoms with Gasteiger partial charge in [-0.05, 0) is 50.4 Å². The molecule has 1 heterocycles. The lowest BCUT2D eigenvalue weighted by molar-refractivity contribution is -0.124. The standard InChI is InChI=1S/C18H25N3O3/c1-2-3-16(22)19-12-7-18(8-12)9-13(10-18)20-17(23)14-6-15(24-21-14)11-4-5-11/h6,11-13H,2-5,7-10H2,1H3,(H,19,22)(H,20,23). The summed E-state index contributed by atoms with van der Waals surface area (Å²) in [5, 5.41) is 10.0. The molecule has 0 saturated heterocycles. The average molecular weight is 331 g/mol. The molecule has 3 fully saturated rings. The van der Waals surface area contributed by atoms with Crippen LogP contribution in [0.25, 0.3) is 0 Å². The van der Waals surface area contributed by atoms with E-state index in [0.29, 0.717) is 29.5 Å². The molecule has 2 N–H and O–H groups in total. The first-order valence-corrected chi connectivity index (χ1v) is 9.14. The summed E-state index contributed by atoms with van der Waals surface area (Å²) >= 11 is 0. The SMILES string of the molecule is CCCC(=O)NC1CC2(C1)CC(NC(=O)c1cc(C3CC3)on1)C2. The molecule has 6 heteroatoms. The Balaban J connectivity index is 1.19. The largest absolute Gasteiger partial charge is 0.360 e. The van der Waals surface area contributed by atoms with Crippen LogP contribution in [0.1, 0.15) is 80.5 Å². The quantitative estimate of drug-likeness (QED) is 0.839. The summed E-state index contributed by atoms with van der Waals surface area (Å²) < 4.78 is 5.24. The highest BCUT2D eigenvalue weighted by Crippen LogP contribution is 2.56. The van der Waals surface area contributed by atoms with Crippen molar-refractivity contribution in [3.63, 3.8) is 0 Å². The zero-order valence-corrected chi connectivity index (χ0v) is 14.1. The molecule has 0 bridgehead atoms. The Labute approximate surface area is 141 Å². The zero-order valence-electron chi connectivity index (χ0n) is 14.1. The second-order valence-electron chi connectivity index (χ2n) is 7.89. The van der Waals surface area contributed by atoms with Crippen molar-refractivity contribution in [2.45, 2.75) is 76.3 Å². The monoisotopic (exact) mass is 331 g/mol. The van der Waals surface area contributed by atoms with Crippen molar-refractivity contribution in [1.82, 2.24) is 15.8 Å². The van der Waals surface area contributed by atoms with Crippen LogP contribution in [0.2, 0.25) is 0 Å². The van der Waals surface area contributed by atoms with Crippen LogP contribution in [-0.4, -0.2) is 29.1 Å². The van der Waals surface area contributed by atoms with Gasteiger partial charge in [0.05, 0.1) is 0 Å². The molecule has 24 heavy (non-hydrogen) atoms. The highest BCUT2D eigenvalue weighted by Gasteiger charge is 2.53. The van der Waals surface area contributed by atoms with E-state index in [1.165, 1.54) is 0 Å². The smallest absolute Gasteiger partial charge is 0.273 e. The summed E-state index contributed by atoms with van der Waals surface area (Å²) in [6.45, 7) is 2.02. The number of carbonyl (C=O) groups excluding carboxylic acids is 2. The van der Waals surface area contributed by atoms with Crippen LogP contribution in [0.5, 0.6) is 0 Å².